The maximum atomic E-state index is 6.02. The lowest BCUT2D eigenvalue weighted by molar-refractivity contribution is 0.578. The number of thiophene rings is 1. The lowest BCUT2D eigenvalue weighted by atomic mass is 10.1. The topological polar surface area (TPSA) is 12.0 Å². The molecule has 1 heterocycles. The Morgan fingerprint density at radius 3 is 2.53 bits per heavy atom. The summed E-state index contributed by atoms with van der Waals surface area (Å²) < 4.78 is 0.840. The maximum absolute atomic E-state index is 6.02. The number of rotatable bonds is 5. The summed E-state index contributed by atoms with van der Waals surface area (Å²) in [5.74, 6) is 0. The van der Waals surface area contributed by atoms with Crippen LogP contribution >= 0.6 is 46.1 Å². The molecule has 1 unspecified atom stereocenters. The van der Waals surface area contributed by atoms with E-state index in [-0.39, 0.29) is 6.04 Å². The van der Waals surface area contributed by atoms with Gasteiger partial charge in [-0.2, -0.15) is 0 Å². The molecule has 2 aromatic rings. The molecule has 0 aliphatic carbocycles. The molecule has 0 aliphatic heterocycles. The fourth-order valence-corrected chi connectivity index (χ4v) is 3.19. The Morgan fingerprint density at radius 1 is 1.11 bits per heavy atom. The van der Waals surface area contributed by atoms with Crippen LogP contribution in [-0.4, -0.2) is 6.54 Å². The SMILES string of the molecule is CC(NCCc1ccc(Cl)s1)c1ccc(Cl)c(Cl)c1. The van der Waals surface area contributed by atoms with Crippen molar-refractivity contribution < 1.29 is 0 Å². The molecule has 0 radical (unpaired) electrons. The highest BCUT2D eigenvalue weighted by molar-refractivity contribution is 7.16. The predicted octanol–water partition coefficient (Wildman–Crippen LogP) is 5.60. The van der Waals surface area contributed by atoms with Crippen molar-refractivity contribution in [3.63, 3.8) is 0 Å². The smallest absolute Gasteiger partial charge is 0.0931 e. The van der Waals surface area contributed by atoms with Crippen LogP contribution in [0.3, 0.4) is 0 Å². The number of nitrogens with one attached hydrogen (secondary N) is 1. The second-order valence-corrected chi connectivity index (χ2v) is 6.92. The highest BCUT2D eigenvalue weighted by Crippen LogP contribution is 2.26. The van der Waals surface area contributed by atoms with Crippen LogP contribution in [0.2, 0.25) is 14.4 Å². The van der Waals surface area contributed by atoms with Crippen LogP contribution in [0.25, 0.3) is 0 Å². The first-order valence-corrected chi connectivity index (χ1v) is 7.94. The molecule has 2 rings (SSSR count). The van der Waals surface area contributed by atoms with Gasteiger partial charge in [0.1, 0.15) is 0 Å². The predicted molar refractivity (Wildman–Crippen MR) is 85.9 cm³/mol. The molecule has 1 nitrogen and oxygen atoms in total. The largest absolute Gasteiger partial charge is 0.310 e. The molecule has 102 valence electrons. The van der Waals surface area contributed by atoms with Gasteiger partial charge in [0.15, 0.2) is 0 Å². The summed E-state index contributed by atoms with van der Waals surface area (Å²) in [5, 5.41) is 4.65. The molecule has 1 aromatic carbocycles. The van der Waals surface area contributed by atoms with Gasteiger partial charge in [-0.05, 0) is 43.2 Å². The lowest BCUT2D eigenvalue weighted by Crippen LogP contribution is -2.21. The van der Waals surface area contributed by atoms with E-state index in [1.165, 1.54) is 4.88 Å². The van der Waals surface area contributed by atoms with Crippen LogP contribution < -0.4 is 5.32 Å². The van der Waals surface area contributed by atoms with Crippen LogP contribution in [0, 0.1) is 0 Å². The first kappa shape index (κ1) is 15.1. The molecule has 19 heavy (non-hydrogen) atoms. The van der Waals surface area contributed by atoms with Gasteiger partial charge in [-0.25, -0.2) is 0 Å². The van der Waals surface area contributed by atoms with Crippen molar-refractivity contribution in [2.24, 2.45) is 0 Å². The third-order valence-electron chi connectivity index (χ3n) is 2.89. The van der Waals surface area contributed by atoms with E-state index in [9.17, 15) is 0 Å². The summed E-state index contributed by atoms with van der Waals surface area (Å²) in [5.41, 5.74) is 1.14. The second kappa shape index (κ2) is 6.96. The van der Waals surface area contributed by atoms with Crippen molar-refractivity contribution in [3.05, 3.63) is 55.2 Å². The summed E-state index contributed by atoms with van der Waals surface area (Å²) in [6.07, 6.45) is 0.975. The van der Waals surface area contributed by atoms with E-state index in [0.29, 0.717) is 10.0 Å². The normalized spacial score (nSPS) is 12.6. The lowest BCUT2D eigenvalue weighted by Gasteiger charge is -2.14. The highest BCUT2D eigenvalue weighted by Gasteiger charge is 2.07. The fourth-order valence-electron chi connectivity index (χ4n) is 1.80. The molecular formula is C14H14Cl3NS. The zero-order chi connectivity index (χ0) is 13.8. The summed E-state index contributed by atoms with van der Waals surface area (Å²) in [7, 11) is 0. The van der Waals surface area contributed by atoms with Crippen LogP contribution in [-0.2, 0) is 6.42 Å². The van der Waals surface area contributed by atoms with Crippen molar-refractivity contribution in [1.29, 1.82) is 0 Å². The van der Waals surface area contributed by atoms with Crippen LogP contribution in [0.5, 0.6) is 0 Å². The van der Waals surface area contributed by atoms with Crippen LogP contribution in [0.1, 0.15) is 23.4 Å². The average molecular weight is 335 g/mol. The molecule has 0 bridgehead atoms. The maximum Gasteiger partial charge on any atom is 0.0931 e. The highest BCUT2D eigenvalue weighted by atomic mass is 35.5. The van der Waals surface area contributed by atoms with E-state index in [1.54, 1.807) is 11.3 Å². The minimum Gasteiger partial charge on any atom is -0.310 e. The van der Waals surface area contributed by atoms with Crippen molar-refractivity contribution >= 4 is 46.1 Å². The molecular weight excluding hydrogens is 321 g/mol. The van der Waals surface area contributed by atoms with E-state index in [0.717, 1.165) is 22.9 Å². The Hall–Kier alpha value is -0.250. The van der Waals surface area contributed by atoms with Crippen molar-refractivity contribution in [2.75, 3.05) is 6.54 Å². The molecule has 1 atom stereocenters. The van der Waals surface area contributed by atoms with Crippen LogP contribution in [0.4, 0.5) is 0 Å². The van der Waals surface area contributed by atoms with Gasteiger partial charge >= 0.3 is 0 Å². The summed E-state index contributed by atoms with van der Waals surface area (Å²) in [4.78, 5) is 1.29. The van der Waals surface area contributed by atoms with Gasteiger partial charge in [-0.15, -0.1) is 11.3 Å². The van der Waals surface area contributed by atoms with Gasteiger partial charge in [0.2, 0.25) is 0 Å². The summed E-state index contributed by atoms with van der Waals surface area (Å²) in [6.45, 7) is 3.01. The number of benzene rings is 1. The zero-order valence-electron chi connectivity index (χ0n) is 10.4. The Kier molecular flexibility index (Phi) is 5.55. The standard InChI is InChI=1S/C14H14Cl3NS/c1-9(10-2-4-12(15)13(16)8-10)18-7-6-11-3-5-14(17)19-11/h2-5,8-9,18H,6-7H2,1H3. The van der Waals surface area contributed by atoms with Crippen molar-refractivity contribution in [1.82, 2.24) is 5.32 Å². The molecule has 0 amide bonds. The van der Waals surface area contributed by atoms with Crippen molar-refractivity contribution in [3.8, 4) is 0 Å². The van der Waals surface area contributed by atoms with E-state index in [2.05, 4.69) is 18.3 Å². The quantitative estimate of drug-likeness (QED) is 0.750. The van der Waals surface area contributed by atoms with Gasteiger partial charge in [-0.3, -0.25) is 0 Å². The number of hydrogen-bond donors (Lipinski definition) is 1. The van der Waals surface area contributed by atoms with E-state index in [1.807, 2.05) is 24.3 Å². The van der Waals surface area contributed by atoms with Gasteiger partial charge < -0.3 is 5.32 Å². The molecule has 0 saturated carbocycles. The molecule has 0 saturated heterocycles. The first-order chi connectivity index (χ1) is 9.06. The minimum absolute atomic E-state index is 0.241. The molecule has 5 heteroatoms. The number of hydrogen-bond acceptors (Lipinski definition) is 2. The monoisotopic (exact) mass is 333 g/mol. The molecule has 1 aromatic heterocycles. The van der Waals surface area contributed by atoms with Crippen molar-refractivity contribution in [2.45, 2.75) is 19.4 Å². The van der Waals surface area contributed by atoms with Gasteiger partial charge in [0.05, 0.1) is 14.4 Å². The van der Waals surface area contributed by atoms with E-state index < -0.39 is 0 Å². The Balaban J connectivity index is 1.86. The summed E-state index contributed by atoms with van der Waals surface area (Å²) >= 11 is 19.5. The van der Waals surface area contributed by atoms with E-state index >= 15 is 0 Å². The Bertz CT molecular complexity index is 553. The first-order valence-electron chi connectivity index (χ1n) is 5.99. The fraction of sp³-hybridized carbons (Fsp3) is 0.286. The van der Waals surface area contributed by atoms with Crippen LogP contribution in [0.15, 0.2) is 30.3 Å². The third kappa shape index (κ3) is 4.37. The van der Waals surface area contributed by atoms with Gasteiger partial charge in [0, 0.05) is 17.5 Å². The van der Waals surface area contributed by atoms with Gasteiger partial charge in [-0.1, -0.05) is 40.9 Å². The number of halogens is 3. The Labute approximate surface area is 132 Å². The Morgan fingerprint density at radius 2 is 1.89 bits per heavy atom. The minimum atomic E-state index is 0.241. The molecule has 0 aliphatic rings. The molecule has 1 N–H and O–H groups in total. The zero-order valence-corrected chi connectivity index (χ0v) is 13.5. The van der Waals surface area contributed by atoms with Gasteiger partial charge in [0.25, 0.3) is 0 Å². The molecule has 0 fully saturated rings. The van der Waals surface area contributed by atoms with E-state index in [4.69, 9.17) is 34.8 Å². The average Bonchev–Trinajstić information content (AvgIpc) is 2.78. The summed E-state index contributed by atoms with van der Waals surface area (Å²) in [6, 6.07) is 9.97. The second-order valence-electron chi connectivity index (χ2n) is 4.31. The third-order valence-corrected chi connectivity index (χ3v) is 4.92. The molecule has 0 spiro atoms.